The fourth-order valence-electron chi connectivity index (χ4n) is 4.05. The Morgan fingerprint density at radius 2 is 1.83 bits per heavy atom. The van der Waals surface area contributed by atoms with Crippen molar-refractivity contribution in [2.45, 2.75) is 72.1 Å². The highest BCUT2D eigenvalue weighted by atomic mass is 28.2. The maximum atomic E-state index is 12.4. The van der Waals surface area contributed by atoms with Gasteiger partial charge in [-0.3, -0.25) is 4.79 Å². The van der Waals surface area contributed by atoms with Gasteiger partial charge in [0.15, 0.2) is 0 Å². The fraction of sp³-hybridized carbons (Fsp3) is 0.933. The van der Waals surface area contributed by atoms with E-state index in [1.54, 1.807) is 0 Å². The molecule has 3 heteroatoms. The van der Waals surface area contributed by atoms with Crippen molar-refractivity contribution in [3.63, 3.8) is 0 Å². The van der Waals surface area contributed by atoms with E-state index < -0.39 is 0 Å². The molecular formula is C15H30O2Si. The SMILES string of the molecule is CCCC(C1CCCC1)C(CC)(CC)C(=O)O[SiH3]. The molecule has 0 aromatic carbocycles. The third-order valence-corrected chi connectivity index (χ3v) is 5.50. The Balaban J connectivity index is 2.99. The van der Waals surface area contributed by atoms with E-state index >= 15 is 0 Å². The molecule has 1 unspecified atom stereocenters. The van der Waals surface area contributed by atoms with Crippen LogP contribution in [0.25, 0.3) is 0 Å². The summed E-state index contributed by atoms with van der Waals surface area (Å²) in [6.45, 7) is 6.57. The first-order valence-electron chi connectivity index (χ1n) is 7.74. The van der Waals surface area contributed by atoms with Crippen molar-refractivity contribution in [2.24, 2.45) is 17.3 Å². The van der Waals surface area contributed by atoms with E-state index in [0.717, 1.165) is 18.8 Å². The summed E-state index contributed by atoms with van der Waals surface area (Å²) in [7, 11) is 0.528. The summed E-state index contributed by atoms with van der Waals surface area (Å²) in [4.78, 5) is 12.4. The van der Waals surface area contributed by atoms with E-state index in [9.17, 15) is 4.79 Å². The van der Waals surface area contributed by atoms with Crippen molar-refractivity contribution < 1.29 is 9.22 Å². The summed E-state index contributed by atoms with van der Waals surface area (Å²) in [5.41, 5.74) is -0.202. The molecule has 18 heavy (non-hydrogen) atoms. The number of hydrogen-bond donors (Lipinski definition) is 0. The summed E-state index contributed by atoms with van der Waals surface area (Å²) in [5, 5.41) is 0. The van der Waals surface area contributed by atoms with Gasteiger partial charge in [0, 0.05) is 0 Å². The molecule has 0 saturated heterocycles. The summed E-state index contributed by atoms with van der Waals surface area (Å²) >= 11 is 0. The number of rotatable bonds is 7. The summed E-state index contributed by atoms with van der Waals surface area (Å²) in [5.74, 6) is 1.39. The van der Waals surface area contributed by atoms with Crippen molar-refractivity contribution in [2.75, 3.05) is 0 Å². The summed E-state index contributed by atoms with van der Waals surface area (Å²) < 4.78 is 5.28. The first-order valence-corrected chi connectivity index (χ1v) is 8.56. The van der Waals surface area contributed by atoms with Gasteiger partial charge in [-0.15, -0.1) is 0 Å². The minimum Gasteiger partial charge on any atom is -0.528 e. The Morgan fingerprint density at radius 3 is 2.22 bits per heavy atom. The largest absolute Gasteiger partial charge is 0.528 e. The predicted octanol–water partition coefficient (Wildman–Crippen LogP) is 3.22. The van der Waals surface area contributed by atoms with Crippen LogP contribution in [0.2, 0.25) is 0 Å². The standard InChI is InChI=1S/C15H30O2Si/c1-4-9-13(12-10-7-8-11-12)15(5-2,6-3)14(16)17-18/h12-13H,4-11H2,1-3,18H3. The van der Waals surface area contributed by atoms with Gasteiger partial charge in [0.25, 0.3) is 5.97 Å². The molecule has 0 radical (unpaired) electrons. The minimum absolute atomic E-state index is 0.0875. The second-order valence-electron chi connectivity index (χ2n) is 5.79. The summed E-state index contributed by atoms with van der Waals surface area (Å²) in [6.07, 6.45) is 9.58. The molecule has 0 aromatic rings. The molecule has 0 bridgehead atoms. The highest BCUT2D eigenvalue weighted by Gasteiger charge is 2.46. The van der Waals surface area contributed by atoms with E-state index in [1.165, 1.54) is 38.5 Å². The van der Waals surface area contributed by atoms with Crippen LogP contribution < -0.4 is 0 Å². The van der Waals surface area contributed by atoms with Crippen LogP contribution in [0.1, 0.15) is 72.1 Å². The Hall–Kier alpha value is -0.313. The number of hydrogen-bond acceptors (Lipinski definition) is 2. The number of carbonyl (C=O) groups is 1. The molecule has 1 aliphatic carbocycles. The van der Waals surface area contributed by atoms with Gasteiger partial charge in [-0.05, 0) is 31.1 Å². The quantitative estimate of drug-likeness (QED) is 0.664. The van der Waals surface area contributed by atoms with Crippen molar-refractivity contribution in [3.05, 3.63) is 0 Å². The molecular weight excluding hydrogens is 240 g/mol. The zero-order chi connectivity index (χ0) is 13.6. The van der Waals surface area contributed by atoms with Gasteiger partial charge in [-0.25, -0.2) is 0 Å². The van der Waals surface area contributed by atoms with Gasteiger partial charge >= 0.3 is 0 Å². The van der Waals surface area contributed by atoms with Crippen LogP contribution >= 0.6 is 0 Å². The average Bonchev–Trinajstić information content (AvgIpc) is 2.92. The molecule has 106 valence electrons. The van der Waals surface area contributed by atoms with E-state index in [-0.39, 0.29) is 11.4 Å². The van der Waals surface area contributed by atoms with Crippen LogP contribution in [-0.4, -0.2) is 16.5 Å². The fourth-order valence-corrected chi connectivity index (χ4v) is 4.46. The van der Waals surface area contributed by atoms with Crippen LogP contribution in [-0.2, 0) is 9.22 Å². The van der Waals surface area contributed by atoms with Crippen LogP contribution in [0, 0.1) is 17.3 Å². The molecule has 0 aromatic heterocycles. The van der Waals surface area contributed by atoms with Gasteiger partial charge in [0.2, 0.25) is 10.5 Å². The zero-order valence-corrected chi connectivity index (χ0v) is 14.6. The number of carbonyl (C=O) groups excluding carboxylic acids is 1. The first-order chi connectivity index (χ1) is 8.66. The van der Waals surface area contributed by atoms with Crippen molar-refractivity contribution >= 4 is 16.5 Å². The van der Waals surface area contributed by atoms with E-state index in [2.05, 4.69) is 20.8 Å². The molecule has 0 aliphatic heterocycles. The third kappa shape index (κ3) is 2.98. The second-order valence-corrected chi connectivity index (χ2v) is 6.20. The predicted molar refractivity (Wildman–Crippen MR) is 79.4 cm³/mol. The molecule has 1 atom stereocenters. The van der Waals surface area contributed by atoms with Crippen LogP contribution in [0.4, 0.5) is 0 Å². The molecule has 1 aliphatic rings. The normalized spacial score (nSPS) is 19.1. The maximum Gasteiger partial charge on any atom is 0.298 e. The highest BCUT2D eigenvalue weighted by molar-refractivity contribution is 6.06. The van der Waals surface area contributed by atoms with Crippen molar-refractivity contribution in [1.82, 2.24) is 0 Å². The lowest BCUT2D eigenvalue weighted by molar-refractivity contribution is -0.152. The molecule has 0 spiro atoms. The van der Waals surface area contributed by atoms with Gasteiger partial charge in [-0.2, -0.15) is 0 Å². The van der Waals surface area contributed by atoms with Crippen molar-refractivity contribution in [3.8, 4) is 0 Å². The molecule has 0 heterocycles. The Kier molecular flexibility index (Phi) is 6.40. The van der Waals surface area contributed by atoms with Gasteiger partial charge in [0.05, 0.1) is 5.41 Å². The molecule has 1 rings (SSSR count). The molecule has 0 amide bonds. The second kappa shape index (κ2) is 7.32. The monoisotopic (exact) mass is 270 g/mol. The lowest BCUT2D eigenvalue weighted by Gasteiger charge is -2.40. The summed E-state index contributed by atoms with van der Waals surface area (Å²) in [6, 6.07) is 0. The van der Waals surface area contributed by atoms with Crippen molar-refractivity contribution in [1.29, 1.82) is 0 Å². The van der Waals surface area contributed by atoms with E-state index in [1.807, 2.05) is 0 Å². The smallest absolute Gasteiger partial charge is 0.298 e. The van der Waals surface area contributed by atoms with Gasteiger partial charge in [-0.1, -0.05) is 52.9 Å². The molecule has 2 nitrogen and oxygen atoms in total. The first kappa shape index (κ1) is 15.7. The van der Waals surface area contributed by atoms with E-state index in [4.69, 9.17) is 4.43 Å². The highest BCUT2D eigenvalue weighted by Crippen LogP contribution is 2.48. The molecule has 1 saturated carbocycles. The lowest BCUT2D eigenvalue weighted by atomic mass is 9.64. The maximum absolute atomic E-state index is 12.4. The topological polar surface area (TPSA) is 26.3 Å². The Morgan fingerprint density at radius 1 is 1.28 bits per heavy atom. The Labute approximate surface area is 115 Å². The van der Waals surface area contributed by atoms with Crippen LogP contribution in [0.15, 0.2) is 0 Å². The molecule has 1 fully saturated rings. The van der Waals surface area contributed by atoms with Crippen LogP contribution in [0.3, 0.4) is 0 Å². The average molecular weight is 270 g/mol. The lowest BCUT2D eigenvalue weighted by Crippen LogP contribution is -2.42. The Bertz CT molecular complexity index is 255. The van der Waals surface area contributed by atoms with Gasteiger partial charge < -0.3 is 4.43 Å². The third-order valence-electron chi connectivity index (χ3n) is 5.13. The van der Waals surface area contributed by atoms with Crippen LogP contribution in [0.5, 0.6) is 0 Å². The minimum atomic E-state index is -0.202. The molecule has 0 N–H and O–H groups in total. The van der Waals surface area contributed by atoms with E-state index in [0.29, 0.717) is 16.4 Å². The zero-order valence-electron chi connectivity index (χ0n) is 12.6. The van der Waals surface area contributed by atoms with Gasteiger partial charge in [0.1, 0.15) is 0 Å².